The van der Waals surface area contributed by atoms with E-state index in [1.54, 1.807) is 23.1 Å². The summed E-state index contributed by atoms with van der Waals surface area (Å²) in [6, 6.07) is 3.51. The summed E-state index contributed by atoms with van der Waals surface area (Å²) in [5, 5.41) is 18.8. The number of nitrogen functional groups attached to an aromatic ring is 1. The van der Waals surface area contributed by atoms with Crippen LogP contribution in [0.4, 0.5) is 5.82 Å². The van der Waals surface area contributed by atoms with Gasteiger partial charge in [-0.3, -0.25) is 0 Å². The van der Waals surface area contributed by atoms with Crippen LogP contribution in [0.25, 0.3) is 34.1 Å². The van der Waals surface area contributed by atoms with E-state index in [-0.39, 0.29) is 23.0 Å². The van der Waals surface area contributed by atoms with Crippen molar-refractivity contribution in [1.29, 1.82) is 0 Å². The number of aromatic nitrogens is 8. The molecule has 0 radical (unpaired) electrons. The number of pyridine rings is 1. The van der Waals surface area contributed by atoms with Crippen LogP contribution in [0, 0.1) is 0 Å². The lowest BCUT2D eigenvalue weighted by atomic mass is 10.3. The largest absolute Gasteiger partial charge is 0.425 e. The van der Waals surface area contributed by atoms with Gasteiger partial charge in [0.25, 0.3) is 0 Å². The molecule has 0 unspecified atom stereocenters. The number of nitrogens with zero attached hydrogens (tertiary/aromatic N) is 8. The van der Waals surface area contributed by atoms with Crippen LogP contribution >= 0.6 is 0 Å². The second kappa shape index (κ2) is 5.26. The Hall–Kier alpha value is -3.56. The van der Waals surface area contributed by atoms with Crippen molar-refractivity contribution < 1.29 is 5.21 Å². The SMILES string of the molecule is CCn1ncc(-c2ccc3nc(-c4nccnc4N)n(O)c3n2)n1. The van der Waals surface area contributed by atoms with Crippen molar-refractivity contribution >= 4 is 17.0 Å². The van der Waals surface area contributed by atoms with Crippen LogP contribution in [-0.4, -0.2) is 44.9 Å². The van der Waals surface area contributed by atoms with Gasteiger partial charge in [-0.1, -0.05) is 0 Å². The monoisotopic (exact) mass is 323 g/mol. The molecule has 3 N–H and O–H groups in total. The van der Waals surface area contributed by atoms with Gasteiger partial charge in [0.05, 0.1) is 18.4 Å². The summed E-state index contributed by atoms with van der Waals surface area (Å²) < 4.78 is 0.851. The first-order chi connectivity index (χ1) is 11.7. The van der Waals surface area contributed by atoms with Crippen molar-refractivity contribution in [2.75, 3.05) is 5.73 Å². The van der Waals surface area contributed by atoms with Crippen LogP contribution in [0.2, 0.25) is 0 Å². The van der Waals surface area contributed by atoms with Crippen LogP contribution < -0.4 is 5.73 Å². The maximum Gasteiger partial charge on any atom is 0.200 e. The molecule has 0 aliphatic rings. The fraction of sp³-hybridized carbons (Fsp3) is 0.143. The zero-order chi connectivity index (χ0) is 16.7. The van der Waals surface area contributed by atoms with Gasteiger partial charge in [-0.25, -0.2) is 19.9 Å². The van der Waals surface area contributed by atoms with Crippen molar-refractivity contribution in [3.05, 3.63) is 30.7 Å². The summed E-state index contributed by atoms with van der Waals surface area (Å²) in [5.41, 5.74) is 8.06. The van der Waals surface area contributed by atoms with Crippen molar-refractivity contribution in [3.8, 4) is 22.9 Å². The molecule has 10 heteroatoms. The van der Waals surface area contributed by atoms with Crippen LogP contribution in [0.5, 0.6) is 0 Å². The van der Waals surface area contributed by atoms with Gasteiger partial charge >= 0.3 is 0 Å². The van der Waals surface area contributed by atoms with Gasteiger partial charge in [-0.15, -0.1) is 4.73 Å². The minimum atomic E-state index is 0.175. The summed E-state index contributed by atoms with van der Waals surface area (Å²) in [4.78, 5) is 18.4. The Morgan fingerprint density at radius 2 is 1.96 bits per heavy atom. The molecule has 0 amide bonds. The standard InChI is InChI=1S/C14H13N9O/c1-2-22-18-7-10(21-22)8-3-4-9-13(19-8)23(24)14(20-9)11-12(15)17-6-5-16-11/h3-7,24H,2H2,1H3,(H2,15,17). The highest BCUT2D eigenvalue weighted by Gasteiger charge is 2.18. The third-order valence-corrected chi connectivity index (χ3v) is 3.50. The third-order valence-electron chi connectivity index (χ3n) is 3.50. The summed E-state index contributed by atoms with van der Waals surface area (Å²) in [6.45, 7) is 2.61. The Bertz CT molecular complexity index is 1040. The molecule has 0 saturated carbocycles. The third kappa shape index (κ3) is 2.12. The molecule has 0 aliphatic heterocycles. The van der Waals surface area contributed by atoms with E-state index in [0.29, 0.717) is 23.4 Å². The normalized spacial score (nSPS) is 11.2. The minimum absolute atomic E-state index is 0.175. The molecule has 0 bridgehead atoms. The average Bonchev–Trinajstić information content (AvgIpc) is 3.20. The molecule has 0 fully saturated rings. The number of anilines is 1. The van der Waals surface area contributed by atoms with Crippen LogP contribution in [0.15, 0.2) is 30.7 Å². The second-order valence-electron chi connectivity index (χ2n) is 4.99. The van der Waals surface area contributed by atoms with Gasteiger partial charge in [0.2, 0.25) is 5.82 Å². The fourth-order valence-corrected chi connectivity index (χ4v) is 2.33. The van der Waals surface area contributed by atoms with E-state index < -0.39 is 0 Å². The van der Waals surface area contributed by atoms with Crippen molar-refractivity contribution in [2.45, 2.75) is 13.5 Å². The first-order valence-electron chi connectivity index (χ1n) is 7.23. The van der Waals surface area contributed by atoms with E-state index in [1.807, 2.05) is 6.92 Å². The molecule has 24 heavy (non-hydrogen) atoms. The van der Waals surface area contributed by atoms with Gasteiger partial charge in [-0.2, -0.15) is 15.0 Å². The molecular formula is C14H13N9O. The molecule has 10 nitrogen and oxygen atoms in total. The van der Waals surface area contributed by atoms with Crippen LogP contribution in [-0.2, 0) is 6.54 Å². The first kappa shape index (κ1) is 14.1. The molecule has 4 aromatic heterocycles. The Labute approximate surface area is 135 Å². The van der Waals surface area contributed by atoms with Gasteiger partial charge < -0.3 is 10.9 Å². The Balaban J connectivity index is 1.86. The molecule has 120 valence electrons. The van der Waals surface area contributed by atoms with E-state index in [2.05, 4.69) is 30.1 Å². The molecular weight excluding hydrogens is 310 g/mol. The number of imidazole rings is 1. The maximum atomic E-state index is 10.4. The summed E-state index contributed by atoms with van der Waals surface area (Å²) in [7, 11) is 0. The van der Waals surface area contributed by atoms with Crippen molar-refractivity contribution in [3.63, 3.8) is 0 Å². The van der Waals surface area contributed by atoms with Crippen LogP contribution in [0.3, 0.4) is 0 Å². The van der Waals surface area contributed by atoms with Gasteiger partial charge in [0, 0.05) is 12.4 Å². The zero-order valence-electron chi connectivity index (χ0n) is 12.7. The lowest BCUT2D eigenvalue weighted by Gasteiger charge is -2.02. The first-order valence-corrected chi connectivity index (χ1v) is 7.23. The average molecular weight is 323 g/mol. The van der Waals surface area contributed by atoms with Gasteiger partial charge in [0.15, 0.2) is 17.2 Å². The van der Waals surface area contributed by atoms with E-state index >= 15 is 0 Å². The van der Waals surface area contributed by atoms with E-state index in [0.717, 1.165) is 4.73 Å². The zero-order valence-corrected chi connectivity index (χ0v) is 12.7. The van der Waals surface area contributed by atoms with Gasteiger partial charge in [-0.05, 0) is 19.1 Å². The highest BCUT2D eigenvalue weighted by Crippen LogP contribution is 2.25. The molecule has 0 saturated heterocycles. The summed E-state index contributed by atoms with van der Waals surface area (Å²) in [5.74, 6) is 0.353. The Kier molecular flexibility index (Phi) is 3.08. The molecule has 0 atom stereocenters. The molecule has 0 aliphatic carbocycles. The lowest BCUT2D eigenvalue weighted by molar-refractivity contribution is 0.201. The highest BCUT2D eigenvalue weighted by molar-refractivity contribution is 5.80. The Morgan fingerprint density at radius 1 is 1.12 bits per heavy atom. The van der Waals surface area contributed by atoms with E-state index in [4.69, 9.17) is 5.73 Å². The number of aryl methyl sites for hydroxylation is 1. The van der Waals surface area contributed by atoms with Crippen molar-refractivity contribution in [2.24, 2.45) is 0 Å². The number of hydrogen-bond donors (Lipinski definition) is 2. The quantitative estimate of drug-likeness (QED) is 0.533. The number of hydrogen-bond acceptors (Lipinski definition) is 8. The highest BCUT2D eigenvalue weighted by atomic mass is 16.5. The second-order valence-corrected chi connectivity index (χ2v) is 4.99. The smallest absolute Gasteiger partial charge is 0.200 e. The minimum Gasteiger partial charge on any atom is -0.425 e. The maximum absolute atomic E-state index is 10.4. The fourth-order valence-electron chi connectivity index (χ4n) is 2.33. The topological polar surface area (TPSA) is 133 Å². The lowest BCUT2D eigenvalue weighted by Crippen LogP contribution is -2.02. The predicted molar refractivity (Wildman–Crippen MR) is 84.8 cm³/mol. The summed E-state index contributed by atoms with van der Waals surface area (Å²) >= 11 is 0. The molecule has 4 aromatic rings. The summed E-state index contributed by atoms with van der Waals surface area (Å²) in [6.07, 6.45) is 4.57. The van der Waals surface area contributed by atoms with E-state index in [9.17, 15) is 5.21 Å². The predicted octanol–water partition coefficient (Wildman–Crippen LogP) is 0.986. The number of nitrogens with two attached hydrogens (primary N) is 1. The molecule has 4 heterocycles. The molecule has 0 aromatic carbocycles. The van der Waals surface area contributed by atoms with Gasteiger partial charge in [0.1, 0.15) is 11.2 Å². The Morgan fingerprint density at radius 3 is 2.71 bits per heavy atom. The molecule has 4 rings (SSSR count). The molecule has 0 spiro atoms. The van der Waals surface area contributed by atoms with E-state index in [1.165, 1.54) is 12.4 Å². The van der Waals surface area contributed by atoms with Crippen molar-refractivity contribution in [1.82, 2.24) is 39.7 Å². The number of rotatable bonds is 3. The number of fused-ring (bicyclic) bond motifs is 1. The van der Waals surface area contributed by atoms with Crippen LogP contribution in [0.1, 0.15) is 6.92 Å².